The van der Waals surface area contributed by atoms with E-state index in [-0.39, 0.29) is 10.3 Å². The maximum absolute atomic E-state index is 12.5. The Morgan fingerprint density at radius 2 is 1.67 bits per heavy atom. The van der Waals surface area contributed by atoms with Gasteiger partial charge in [0.1, 0.15) is 6.54 Å². The molecule has 1 rings (SSSR count). The molecule has 0 atom stereocenters. The first-order valence-corrected chi connectivity index (χ1v) is 8.24. The van der Waals surface area contributed by atoms with Crippen LogP contribution in [0.25, 0.3) is 0 Å². The van der Waals surface area contributed by atoms with Crippen molar-refractivity contribution < 1.29 is 18.3 Å². The van der Waals surface area contributed by atoms with Gasteiger partial charge in [-0.1, -0.05) is 32.9 Å². The lowest BCUT2D eigenvalue weighted by Gasteiger charge is -2.25. The summed E-state index contributed by atoms with van der Waals surface area (Å²) in [5.74, 6) is -1.17. The zero-order valence-corrected chi connectivity index (χ0v) is 13.9. The van der Waals surface area contributed by atoms with Gasteiger partial charge in [0, 0.05) is 6.04 Å². The second kappa shape index (κ2) is 6.15. The predicted molar refractivity (Wildman–Crippen MR) is 81.8 cm³/mol. The number of hydrogen-bond donors (Lipinski definition) is 1. The fourth-order valence-electron chi connectivity index (χ4n) is 1.94. The molecule has 0 spiro atoms. The fourth-order valence-corrected chi connectivity index (χ4v) is 3.53. The van der Waals surface area contributed by atoms with Gasteiger partial charge in [0.05, 0.1) is 4.90 Å². The third kappa shape index (κ3) is 4.28. The molecule has 0 aliphatic rings. The van der Waals surface area contributed by atoms with Gasteiger partial charge in [-0.05, 0) is 37.0 Å². The van der Waals surface area contributed by atoms with Crippen LogP contribution in [0.3, 0.4) is 0 Å². The maximum atomic E-state index is 12.5. The van der Waals surface area contributed by atoms with Crippen LogP contribution >= 0.6 is 0 Å². The van der Waals surface area contributed by atoms with Gasteiger partial charge >= 0.3 is 5.97 Å². The molecule has 5 nitrogen and oxygen atoms in total. The number of carbonyl (C=O) groups is 1. The third-order valence-corrected chi connectivity index (χ3v) is 5.23. The summed E-state index contributed by atoms with van der Waals surface area (Å²) >= 11 is 0. The average molecular weight is 313 g/mol. The molecule has 6 heteroatoms. The molecule has 0 aliphatic heterocycles. The average Bonchev–Trinajstić information content (AvgIpc) is 2.34. The standard InChI is InChI=1S/C15H23NO4S/c1-11(2)16(10-14(17)18)21(19,20)13-8-6-12(7-9-13)15(3,4)5/h6-9,11H,10H2,1-5H3,(H,17,18). The van der Waals surface area contributed by atoms with Crippen LogP contribution in [0.1, 0.15) is 40.2 Å². The lowest BCUT2D eigenvalue weighted by atomic mass is 9.87. The molecule has 0 saturated heterocycles. The molecule has 1 aromatic rings. The van der Waals surface area contributed by atoms with Crippen LogP contribution in [0.15, 0.2) is 29.2 Å². The number of benzene rings is 1. The molecule has 0 aromatic heterocycles. The third-order valence-electron chi connectivity index (χ3n) is 3.19. The van der Waals surface area contributed by atoms with E-state index >= 15 is 0 Å². The van der Waals surface area contributed by atoms with E-state index in [1.165, 1.54) is 12.1 Å². The first kappa shape index (κ1) is 17.7. The summed E-state index contributed by atoms with van der Waals surface area (Å²) in [6.45, 7) is 8.90. The fraction of sp³-hybridized carbons (Fsp3) is 0.533. The molecule has 1 aromatic carbocycles. The molecule has 0 radical (unpaired) electrons. The van der Waals surface area contributed by atoms with Crippen LogP contribution in [0.5, 0.6) is 0 Å². The molecular formula is C15H23NO4S. The number of hydrogen-bond acceptors (Lipinski definition) is 3. The highest BCUT2D eigenvalue weighted by molar-refractivity contribution is 7.89. The zero-order chi connectivity index (χ0) is 16.4. The lowest BCUT2D eigenvalue weighted by molar-refractivity contribution is -0.137. The molecule has 0 heterocycles. The molecule has 0 aliphatic carbocycles. The van der Waals surface area contributed by atoms with Gasteiger partial charge in [-0.2, -0.15) is 4.31 Å². The Morgan fingerprint density at radius 1 is 1.19 bits per heavy atom. The van der Waals surface area contributed by atoms with E-state index in [0.717, 1.165) is 9.87 Å². The van der Waals surface area contributed by atoms with E-state index in [0.29, 0.717) is 0 Å². The summed E-state index contributed by atoms with van der Waals surface area (Å²) in [5.41, 5.74) is 0.956. The molecule has 0 fully saturated rings. The second-order valence-corrected chi connectivity index (χ2v) is 8.20. The molecule has 0 unspecified atom stereocenters. The van der Waals surface area contributed by atoms with Crippen LogP contribution in [-0.4, -0.2) is 36.4 Å². The Hall–Kier alpha value is -1.40. The van der Waals surface area contributed by atoms with Crippen LogP contribution in [0, 0.1) is 0 Å². The summed E-state index contributed by atoms with van der Waals surface area (Å²) in [7, 11) is -3.81. The van der Waals surface area contributed by atoms with Gasteiger partial charge < -0.3 is 5.11 Å². The minimum atomic E-state index is -3.81. The number of aliphatic carboxylic acids is 1. The Balaban J connectivity index is 3.20. The number of rotatable bonds is 5. The van der Waals surface area contributed by atoms with E-state index in [1.807, 2.05) is 20.8 Å². The van der Waals surface area contributed by atoms with Crippen molar-refractivity contribution in [3.8, 4) is 0 Å². The first-order chi connectivity index (χ1) is 9.46. The topological polar surface area (TPSA) is 74.7 Å². The van der Waals surface area contributed by atoms with Crippen molar-refractivity contribution in [1.29, 1.82) is 0 Å². The maximum Gasteiger partial charge on any atom is 0.318 e. The summed E-state index contributed by atoms with van der Waals surface area (Å²) in [6.07, 6.45) is 0. The lowest BCUT2D eigenvalue weighted by Crippen LogP contribution is -2.40. The molecular weight excluding hydrogens is 290 g/mol. The van der Waals surface area contributed by atoms with Crippen molar-refractivity contribution >= 4 is 16.0 Å². The monoisotopic (exact) mass is 313 g/mol. The number of sulfonamides is 1. The SMILES string of the molecule is CC(C)N(CC(=O)O)S(=O)(=O)c1ccc(C(C)(C)C)cc1. The van der Waals surface area contributed by atoms with Crippen LogP contribution < -0.4 is 0 Å². The Labute approximate surface area is 126 Å². The molecule has 21 heavy (non-hydrogen) atoms. The van der Waals surface area contributed by atoms with Crippen LogP contribution in [0.4, 0.5) is 0 Å². The van der Waals surface area contributed by atoms with Gasteiger partial charge in [0.15, 0.2) is 0 Å². The van der Waals surface area contributed by atoms with E-state index in [2.05, 4.69) is 0 Å². The smallest absolute Gasteiger partial charge is 0.318 e. The van der Waals surface area contributed by atoms with Gasteiger partial charge in [-0.15, -0.1) is 0 Å². The quantitative estimate of drug-likeness (QED) is 0.906. The van der Waals surface area contributed by atoms with Crippen molar-refractivity contribution in [2.45, 2.75) is 51.0 Å². The minimum absolute atomic E-state index is 0.0684. The Kier molecular flexibility index (Phi) is 5.17. The number of carboxylic acids is 1. The minimum Gasteiger partial charge on any atom is -0.480 e. The largest absolute Gasteiger partial charge is 0.480 e. The van der Waals surface area contributed by atoms with Gasteiger partial charge in [-0.3, -0.25) is 4.79 Å². The molecule has 1 N–H and O–H groups in total. The Bertz CT molecular complexity index is 598. The van der Waals surface area contributed by atoms with Crippen LogP contribution in [-0.2, 0) is 20.2 Å². The molecule has 118 valence electrons. The van der Waals surface area contributed by atoms with Crippen molar-refractivity contribution in [3.05, 3.63) is 29.8 Å². The number of carboxylic acid groups (broad SMARTS) is 1. The summed E-state index contributed by atoms with van der Waals surface area (Å²) in [4.78, 5) is 11.0. The highest BCUT2D eigenvalue weighted by atomic mass is 32.2. The van der Waals surface area contributed by atoms with E-state index in [4.69, 9.17) is 5.11 Å². The Morgan fingerprint density at radius 3 is 2.00 bits per heavy atom. The summed E-state index contributed by atoms with van der Waals surface area (Å²) in [5, 5.41) is 8.89. The number of nitrogens with zero attached hydrogens (tertiary/aromatic N) is 1. The van der Waals surface area contributed by atoms with Crippen molar-refractivity contribution in [2.75, 3.05) is 6.54 Å². The summed E-state index contributed by atoms with van der Waals surface area (Å²) in [6, 6.07) is 6.19. The van der Waals surface area contributed by atoms with Crippen molar-refractivity contribution in [2.24, 2.45) is 0 Å². The first-order valence-electron chi connectivity index (χ1n) is 6.80. The van der Waals surface area contributed by atoms with Gasteiger partial charge in [0.25, 0.3) is 0 Å². The summed E-state index contributed by atoms with van der Waals surface area (Å²) < 4.78 is 26.1. The van der Waals surface area contributed by atoms with Crippen LogP contribution in [0.2, 0.25) is 0 Å². The van der Waals surface area contributed by atoms with Gasteiger partial charge in [-0.25, -0.2) is 8.42 Å². The molecule has 0 amide bonds. The predicted octanol–water partition coefficient (Wildman–Crippen LogP) is 2.47. The molecule has 0 saturated carbocycles. The highest BCUT2D eigenvalue weighted by Gasteiger charge is 2.29. The van der Waals surface area contributed by atoms with E-state index in [1.54, 1.807) is 26.0 Å². The normalized spacial score (nSPS) is 12.9. The van der Waals surface area contributed by atoms with E-state index in [9.17, 15) is 13.2 Å². The van der Waals surface area contributed by atoms with Gasteiger partial charge in [0.2, 0.25) is 10.0 Å². The van der Waals surface area contributed by atoms with Crippen molar-refractivity contribution in [1.82, 2.24) is 4.31 Å². The molecule has 0 bridgehead atoms. The second-order valence-electron chi connectivity index (χ2n) is 6.31. The van der Waals surface area contributed by atoms with Crippen molar-refractivity contribution in [3.63, 3.8) is 0 Å². The highest BCUT2D eigenvalue weighted by Crippen LogP contribution is 2.25. The van der Waals surface area contributed by atoms with E-state index < -0.39 is 28.6 Å². The zero-order valence-electron chi connectivity index (χ0n) is 13.1.